The average molecular weight is 345 g/mol. The molecule has 1 aromatic carbocycles. The van der Waals surface area contributed by atoms with Gasteiger partial charge in [0.15, 0.2) is 0 Å². The van der Waals surface area contributed by atoms with Gasteiger partial charge in [-0.25, -0.2) is 4.79 Å². The number of likely N-dealkylation sites (tertiary alicyclic amines) is 1. The van der Waals surface area contributed by atoms with Gasteiger partial charge in [-0.05, 0) is 26.3 Å². The maximum absolute atomic E-state index is 12.5. The van der Waals surface area contributed by atoms with Crippen LogP contribution in [-0.4, -0.2) is 48.5 Å². The van der Waals surface area contributed by atoms with Crippen molar-refractivity contribution in [3.63, 3.8) is 0 Å². The fourth-order valence-corrected chi connectivity index (χ4v) is 4.35. The molecule has 0 unspecified atom stereocenters. The second kappa shape index (κ2) is 5.61. The standard InChI is InChI=1S/C19H27N3O3/c1-18(2,3)25-17(23)21-8-7-19(20)15(11-21)14-6-4-5-13-12-24-10-9-22(19)16(13)14/h4-6,15H,7-12,20H2,1-3H3/t15-,19-/m0/s1. The summed E-state index contributed by atoms with van der Waals surface area (Å²) < 4.78 is 11.3. The highest BCUT2D eigenvalue weighted by atomic mass is 16.6. The number of anilines is 1. The number of hydrogen-bond donors (Lipinski definition) is 1. The van der Waals surface area contributed by atoms with Crippen molar-refractivity contribution in [3.8, 4) is 0 Å². The highest BCUT2D eigenvalue weighted by molar-refractivity contribution is 5.72. The van der Waals surface area contributed by atoms with Crippen LogP contribution in [0.3, 0.4) is 0 Å². The van der Waals surface area contributed by atoms with Gasteiger partial charge in [0.25, 0.3) is 0 Å². The summed E-state index contributed by atoms with van der Waals surface area (Å²) in [7, 11) is 0. The van der Waals surface area contributed by atoms with Gasteiger partial charge in [0.05, 0.1) is 18.9 Å². The first-order valence-corrected chi connectivity index (χ1v) is 9.03. The molecule has 0 saturated carbocycles. The highest BCUT2D eigenvalue weighted by Gasteiger charge is 2.53. The number of carbonyl (C=O) groups is 1. The molecule has 1 fully saturated rings. The first-order chi connectivity index (χ1) is 11.8. The Morgan fingerprint density at radius 1 is 1.36 bits per heavy atom. The van der Waals surface area contributed by atoms with E-state index in [9.17, 15) is 4.79 Å². The number of hydrogen-bond acceptors (Lipinski definition) is 5. The van der Waals surface area contributed by atoms with Crippen LogP contribution in [0, 0.1) is 0 Å². The largest absolute Gasteiger partial charge is 0.444 e. The Morgan fingerprint density at radius 2 is 2.16 bits per heavy atom. The molecule has 0 bridgehead atoms. The van der Waals surface area contributed by atoms with E-state index in [4.69, 9.17) is 15.2 Å². The zero-order valence-corrected chi connectivity index (χ0v) is 15.2. The Bertz CT molecular complexity index is 700. The van der Waals surface area contributed by atoms with Crippen LogP contribution in [0.5, 0.6) is 0 Å². The molecule has 0 radical (unpaired) electrons. The van der Waals surface area contributed by atoms with Crippen molar-refractivity contribution in [2.75, 3.05) is 31.1 Å². The molecule has 4 rings (SSSR count). The SMILES string of the molecule is CC(C)(C)OC(=O)N1CC[C@@]2(N)[C@@H](C1)c1cccc3c1N2CCOC3. The molecule has 0 spiro atoms. The van der Waals surface area contributed by atoms with Gasteiger partial charge >= 0.3 is 6.09 Å². The minimum absolute atomic E-state index is 0.0989. The summed E-state index contributed by atoms with van der Waals surface area (Å²) in [5.41, 5.74) is 9.63. The van der Waals surface area contributed by atoms with Gasteiger partial charge in [0.2, 0.25) is 0 Å². The van der Waals surface area contributed by atoms with Crippen molar-refractivity contribution in [3.05, 3.63) is 29.3 Å². The number of nitrogens with zero attached hydrogens (tertiary/aromatic N) is 2. The molecule has 1 amide bonds. The Labute approximate surface area is 148 Å². The lowest BCUT2D eigenvalue weighted by molar-refractivity contribution is 0.0140. The molecule has 1 aromatic rings. The first kappa shape index (κ1) is 16.7. The molecule has 3 aliphatic heterocycles. The molecule has 25 heavy (non-hydrogen) atoms. The van der Waals surface area contributed by atoms with E-state index in [-0.39, 0.29) is 12.0 Å². The molecule has 0 aliphatic carbocycles. The summed E-state index contributed by atoms with van der Waals surface area (Å²) in [5, 5.41) is 0. The number of nitrogens with two attached hydrogens (primary N) is 1. The van der Waals surface area contributed by atoms with E-state index in [1.807, 2.05) is 25.7 Å². The fourth-order valence-electron chi connectivity index (χ4n) is 4.35. The molecule has 6 nitrogen and oxygen atoms in total. The third kappa shape index (κ3) is 2.68. The van der Waals surface area contributed by atoms with E-state index < -0.39 is 11.3 Å². The molecule has 6 heteroatoms. The van der Waals surface area contributed by atoms with Crippen LogP contribution in [0.1, 0.15) is 44.2 Å². The van der Waals surface area contributed by atoms with Crippen molar-refractivity contribution in [1.29, 1.82) is 0 Å². The first-order valence-electron chi connectivity index (χ1n) is 9.03. The second-order valence-corrected chi connectivity index (χ2v) is 8.28. The minimum atomic E-state index is -0.487. The van der Waals surface area contributed by atoms with Crippen molar-refractivity contribution in [2.45, 2.75) is 51.0 Å². The van der Waals surface area contributed by atoms with Gasteiger partial charge in [-0.1, -0.05) is 18.2 Å². The van der Waals surface area contributed by atoms with Crippen LogP contribution in [-0.2, 0) is 16.1 Å². The summed E-state index contributed by atoms with van der Waals surface area (Å²) in [5.74, 6) is 0.0989. The maximum atomic E-state index is 12.5. The molecule has 0 aromatic heterocycles. The third-order valence-electron chi connectivity index (χ3n) is 5.46. The summed E-state index contributed by atoms with van der Waals surface area (Å²) in [6, 6.07) is 6.33. The zero-order chi connectivity index (χ0) is 17.8. The number of piperidine rings is 1. The summed E-state index contributed by atoms with van der Waals surface area (Å²) in [4.78, 5) is 16.7. The fraction of sp³-hybridized carbons (Fsp3) is 0.632. The number of benzene rings is 1. The normalized spacial score (nSPS) is 28.2. The number of para-hydroxylation sites is 1. The molecule has 136 valence electrons. The second-order valence-electron chi connectivity index (χ2n) is 8.28. The Kier molecular flexibility index (Phi) is 3.74. The molecule has 2 atom stereocenters. The van der Waals surface area contributed by atoms with Crippen molar-refractivity contribution < 1.29 is 14.3 Å². The van der Waals surface area contributed by atoms with Crippen LogP contribution in [0.25, 0.3) is 0 Å². The molecule has 2 N–H and O–H groups in total. The maximum Gasteiger partial charge on any atom is 0.410 e. The predicted molar refractivity (Wildman–Crippen MR) is 95.5 cm³/mol. The molecular formula is C19H27N3O3. The van der Waals surface area contributed by atoms with Crippen molar-refractivity contribution in [2.24, 2.45) is 5.73 Å². The molecule has 1 saturated heterocycles. The summed E-state index contributed by atoms with van der Waals surface area (Å²) >= 11 is 0. The van der Waals surface area contributed by atoms with E-state index in [2.05, 4.69) is 23.1 Å². The Balaban J connectivity index is 1.66. The molecule has 3 heterocycles. The highest BCUT2D eigenvalue weighted by Crippen LogP contribution is 2.51. The van der Waals surface area contributed by atoms with Crippen molar-refractivity contribution >= 4 is 11.8 Å². The predicted octanol–water partition coefficient (Wildman–Crippen LogP) is 2.42. The molecular weight excluding hydrogens is 318 g/mol. The number of rotatable bonds is 0. The van der Waals surface area contributed by atoms with E-state index in [0.717, 1.165) is 13.0 Å². The average Bonchev–Trinajstić information content (AvgIpc) is 2.67. The quantitative estimate of drug-likeness (QED) is 0.782. The van der Waals surface area contributed by atoms with E-state index >= 15 is 0 Å². The van der Waals surface area contributed by atoms with Gasteiger partial charge in [0.1, 0.15) is 5.60 Å². The van der Waals surface area contributed by atoms with Gasteiger partial charge < -0.3 is 25.0 Å². The van der Waals surface area contributed by atoms with Crippen LogP contribution in [0.15, 0.2) is 18.2 Å². The molecule has 3 aliphatic rings. The van der Waals surface area contributed by atoms with Crippen LogP contribution in [0.2, 0.25) is 0 Å². The van der Waals surface area contributed by atoms with Crippen molar-refractivity contribution in [1.82, 2.24) is 4.90 Å². The van der Waals surface area contributed by atoms with E-state index in [1.165, 1.54) is 16.8 Å². The number of amides is 1. The lowest BCUT2D eigenvalue weighted by Gasteiger charge is -2.46. The monoisotopic (exact) mass is 345 g/mol. The number of fused-ring (bicyclic) bond motifs is 3. The number of ether oxygens (including phenoxy) is 2. The van der Waals surface area contributed by atoms with Gasteiger partial charge in [-0.3, -0.25) is 0 Å². The van der Waals surface area contributed by atoms with Gasteiger partial charge in [-0.15, -0.1) is 0 Å². The Hall–Kier alpha value is -1.79. The topological polar surface area (TPSA) is 68.0 Å². The zero-order valence-electron chi connectivity index (χ0n) is 15.2. The lowest BCUT2D eigenvalue weighted by atomic mass is 9.83. The van der Waals surface area contributed by atoms with E-state index in [1.54, 1.807) is 0 Å². The third-order valence-corrected chi connectivity index (χ3v) is 5.46. The Morgan fingerprint density at radius 3 is 2.92 bits per heavy atom. The van der Waals surface area contributed by atoms with Gasteiger partial charge in [-0.2, -0.15) is 0 Å². The number of carbonyl (C=O) groups excluding carboxylic acids is 1. The van der Waals surface area contributed by atoms with Crippen LogP contribution < -0.4 is 10.6 Å². The smallest absolute Gasteiger partial charge is 0.410 e. The summed E-state index contributed by atoms with van der Waals surface area (Å²) in [6.07, 6.45) is 0.478. The van der Waals surface area contributed by atoms with E-state index in [0.29, 0.717) is 26.3 Å². The lowest BCUT2D eigenvalue weighted by Crippen LogP contribution is -2.64. The van der Waals surface area contributed by atoms with Crippen LogP contribution in [0.4, 0.5) is 10.5 Å². The summed E-state index contributed by atoms with van der Waals surface area (Å²) in [6.45, 7) is 8.99. The minimum Gasteiger partial charge on any atom is -0.444 e. The van der Waals surface area contributed by atoms with Gasteiger partial charge in [0, 0.05) is 43.2 Å². The van der Waals surface area contributed by atoms with Crippen LogP contribution >= 0.6 is 0 Å².